The molecule has 4 heteroatoms. The van der Waals surface area contributed by atoms with Crippen molar-refractivity contribution in [3.63, 3.8) is 0 Å². The minimum atomic E-state index is -0.116. The second-order valence-electron chi connectivity index (χ2n) is 5.08. The fourth-order valence-electron chi connectivity index (χ4n) is 2.32. The van der Waals surface area contributed by atoms with Crippen LogP contribution in [0.2, 0.25) is 0 Å². The van der Waals surface area contributed by atoms with Gasteiger partial charge in [0, 0.05) is 19.6 Å². The Morgan fingerprint density at radius 3 is 2.68 bits per heavy atom. The van der Waals surface area contributed by atoms with Crippen LogP contribution in [-0.4, -0.2) is 49.5 Å². The summed E-state index contributed by atoms with van der Waals surface area (Å²) in [5.74, 6) is 1.58. The summed E-state index contributed by atoms with van der Waals surface area (Å²) in [5, 5.41) is 9.45. The molecule has 2 rings (SSSR count). The summed E-state index contributed by atoms with van der Waals surface area (Å²) in [6, 6.07) is 5.95. The van der Waals surface area contributed by atoms with E-state index in [1.165, 1.54) is 0 Å². The van der Waals surface area contributed by atoms with Gasteiger partial charge in [-0.1, -0.05) is 6.07 Å². The smallest absolute Gasteiger partial charge is 0.161 e. The fourth-order valence-corrected chi connectivity index (χ4v) is 2.32. The van der Waals surface area contributed by atoms with Crippen molar-refractivity contribution in [3.8, 4) is 11.5 Å². The predicted octanol–water partition coefficient (Wildman–Crippen LogP) is 1.84. The minimum absolute atomic E-state index is 0.116. The van der Waals surface area contributed by atoms with Crippen molar-refractivity contribution in [2.24, 2.45) is 0 Å². The maximum absolute atomic E-state index is 9.45. The van der Waals surface area contributed by atoms with Crippen molar-refractivity contribution in [1.82, 2.24) is 4.90 Å². The Hall–Kier alpha value is -1.26. The molecule has 0 unspecified atom stereocenters. The minimum Gasteiger partial charge on any atom is -0.493 e. The first-order chi connectivity index (χ1) is 9.19. The molecule has 4 nitrogen and oxygen atoms in total. The van der Waals surface area contributed by atoms with Gasteiger partial charge < -0.3 is 14.6 Å². The Balaban J connectivity index is 1.79. The Bertz CT molecular complexity index is 400. The Labute approximate surface area is 114 Å². The first-order valence-electron chi connectivity index (χ1n) is 6.87. The highest BCUT2D eigenvalue weighted by Crippen LogP contribution is 2.27. The molecule has 1 heterocycles. The molecule has 0 aliphatic carbocycles. The number of piperidine rings is 1. The highest BCUT2D eigenvalue weighted by Gasteiger charge is 2.16. The number of aliphatic hydroxyl groups excluding tert-OH is 1. The van der Waals surface area contributed by atoms with Crippen molar-refractivity contribution < 1.29 is 14.6 Å². The van der Waals surface area contributed by atoms with Gasteiger partial charge in [-0.3, -0.25) is 4.90 Å². The molecule has 106 valence electrons. The van der Waals surface area contributed by atoms with Crippen molar-refractivity contribution in [3.05, 3.63) is 23.8 Å². The van der Waals surface area contributed by atoms with Gasteiger partial charge >= 0.3 is 0 Å². The summed E-state index contributed by atoms with van der Waals surface area (Å²) < 4.78 is 11.1. The van der Waals surface area contributed by atoms with Gasteiger partial charge in [0.05, 0.1) is 13.2 Å². The summed E-state index contributed by atoms with van der Waals surface area (Å²) in [4.78, 5) is 2.33. The van der Waals surface area contributed by atoms with E-state index in [9.17, 15) is 5.11 Å². The normalized spacial score (nSPS) is 17.4. The molecule has 1 aromatic rings. The lowest BCUT2D eigenvalue weighted by Crippen LogP contribution is -2.38. The van der Waals surface area contributed by atoms with E-state index in [2.05, 4.69) is 4.90 Å². The molecule has 19 heavy (non-hydrogen) atoms. The molecule has 0 aromatic heterocycles. The van der Waals surface area contributed by atoms with Gasteiger partial charge in [-0.05, 0) is 37.5 Å². The van der Waals surface area contributed by atoms with Gasteiger partial charge in [-0.2, -0.15) is 0 Å². The van der Waals surface area contributed by atoms with E-state index in [-0.39, 0.29) is 6.10 Å². The first-order valence-corrected chi connectivity index (χ1v) is 6.87. The van der Waals surface area contributed by atoms with Crippen LogP contribution in [0.5, 0.6) is 11.5 Å². The lowest BCUT2D eigenvalue weighted by molar-refractivity contribution is 0.0752. The van der Waals surface area contributed by atoms with Crippen molar-refractivity contribution >= 4 is 0 Å². The first kappa shape index (κ1) is 14.2. The summed E-state index contributed by atoms with van der Waals surface area (Å²) in [6.45, 7) is 5.48. The van der Waals surface area contributed by atoms with Crippen LogP contribution in [0.25, 0.3) is 0 Å². The van der Waals surface area contributed by atoms with Gasteiger partial charge in [-0.25, -0.2) is 0 Å². The van der Waals surface area contributed by atoms with E-state index >= 15 is 0 Å². The molecule has 0 radical (unpaired) electrons. The Morgan fingerprint density at radius 2 is 2.00 bits per heavy atom. The van der Waals surface area contributed by atoms with Gasteiger partial charge in [0.25, 0.3) is 0 Å². The zero-order valence-corrected chi connectivity index (χ0v) is 11.8. The van der Waals surface area contributed by atoms with Crippen molar-refractivity contribution in [2.45, 2.75) is 25.9 Å². The van der Waals surface area contributed by atoms with Gasteiger partial charge in [0.15, 0.2) is 11.5 Å². The average molecular weight is 265 g/mol. The number of likely N-dealkylation sites (tertiary alicyclic amines) is 1. The fraction of sp³-hybridized carbons (Fsp3) is 0.600. The lowest BCUT2D eigenvalue weighted by atomic mass is 10.1. The molecule has 1 aliphatic rings. The molecular formula is C15H23NO3. The lowest BCUT2D eigenvalue weighted by Gasteiger charge is -2.29. The van der Waals surface area contributed by atoms with E-state index < -0.39 is 0 Å². The second-order valence-corrected chi connectivity index (χ2v) is 5.08. The monoisotopic (exact) mass is 265 g/mol. The predicted molar refractivity (Wildman–Crippen MR) is 74.9 cm³/mol. The van der Waals surface area contributed by atoms with Crippen LogP contribution in [0.4, 0.5) is 0 Å². The van der Waals surface area contributed by atoms with Crippen LogP contribution in [0.3, 0.4) is 0 Å². The summed E-state index contributed by atoms with van der Waals surface area (Å²) in [7, 11) is 1.66. The maximum Gasteiger partial charge on any atom is 0.161 e. The summed E-state index contributed by atoms with van der Waals surface area (Å²) >= 11 is 0. The number of nitrogens with zero attached hydrogens (tertiary/aromatic N) is 1. The molecule has 1 N–H and O–H groups in total. The number of hydrogen-bond donors (Lipinski definition) is 1. The van der Waals surface area contributed by atoms with E-state index in [1.807, 2.05) is 25.1 Å². The van der Waals surface area contributed by atoms with E-state index in [0.29, 0.717) is 6.61 Å². The Kier molecular flexibility index (Phi) is 5.05. The van der Waals surface area contributed by atoms with E-state index in [4.69, 9.17) is 9.47 Å². The Morgan fingerprint density at radius 1 is 1.26 bits per heavy atom. The van der Waals surface area contributed by atoms with Crippen molar-refractivity contribution in [1.29, 1.82) is 0 Å². The number of rotatable bonds is 5. The second kappa shape index (κ2) is 6.78. The molecule has 0 bridgehead atoms. The average Bonchev–Trinajstić information content (AvgIpc) is 2.42. The number of aryl methyl sites for hydroxylation is 1. The quantitative estimate of drug-likeness (QED) is 0.882. The standard InChI is InChI=1S/C15H23NO3/c1-12-3-4-14(15(11-12)18-2)19-10-9-16-7-5-13(17)6-8-16/h3-4,11,13,17H,5-10H2,1-2H3. The van der Waals surface area contributed by atoms with Gasteiger partial charge in [0.2, 0.25) is 0 Å². The largest absolute Gasteiger partial charge is 0.493 e. The number of hydrogen-bond acceptors (Lipinski definition) is 4. The topological polar surface area (TPSA) is 41.9 Å². The number of benzene rings is 1. The number of methoxy groups -OCH3 is 1. The molecule has 0 atom stereocenters. The molecule has 1 fully saturated rings. The molecule has 0 amide bonds. The van der Waals surface area contributed by atoms with Crippen LogP contribution < -0.4 is 9.47 Å². The third-order valence-corrected chi connectivity index (χ3v) is 3.54. The van der Waals surface area contributed by atoms with Crippen molar-refractivity contribution in [2.75, 3.05) is 33.4 Å². The van der Waals surface area contributed by atoms with E-state index in [1.54, 1.807) is 7.11 Å². The SMILES string of the molecule is COc1cc(C)ccc1OCCN1CCC(O)CC1. The van der Waals surface area contributed by atoms with Crippen LogP contribution in [-0.2, 0) is 0 Å². The zero-order valence-electron chi connectivity index (χ0n) is 11.8. The molecular weight excluding hydrogens is 242 g/mol. The number of aliphatic hydroxyl groups is 1. The van der Waals surface area contributed by atoms with Gasteiger partial charge in [0.1, 0.15) is 6.61 Å². The highest BCUT2D eigenvalue weighted by molar-refractivity contribution is 5.42. The third-order valence-electron chi connectivity index (χ3n) is 3.54. The summed E-state index contributed by atoms with van der Waals surface area (Å²) in [6.07, 6.45) is 1.62. The highest BCUT2D eigenvalue weighted by atomic mass is 16.5. The van der Waals surface area contributed by atoms with E-state index in [0.717, 1.165) is 49.5 Å². The molecule has 0 saturated carbocycles. The number of ether oxygens (including phenoxy) is 2. The van der Waals surface area contributed by atoms with Crippen LogP contribution >= 0.6 is 0 Å². The summed E-state index contributed by atoms with van der Waals surface area (Å²) in [5.41, 5.74) is 1.16. The van der Waals surface area contributed by atoms with Crippen LogP contribution in [0.1, 0.15) is 18.4 Å². The molecule has 1 aromatic carbocycles. The molecule has 1 saturated heterocycles. The third kappa shape index (κ3) is 4.11. The zero-order chi connectivity index (χ0) is 13.7. The van der Waals surface area contributed by atoms with Crippen LogP contribution in [0.15, 0.2) is 18.2 Å². The molecule has 0 spiro atoms. The van der Waals surface area contributed by atoms with Gasteiger partial charge in [-0.15, -0.1) is 0 Å². The maximum atomic E-state index is 9.45. The molecule has 1 aliphatic heterocycles. The van der Waals surface area contributed by atoms with Crippen LogP contribution in [0, 0.1) is 6.92 Å².